The number of amides is 6. The molecule has 0 radical (unpaired) electrons. The van der Waals surface area contributed by atoms with Crippen molar-refractivity contribution in [1.29, 1.82) is 0 Å². The molecule has 1 aliphatic carbocycles. The normalized spacial score (nSPS) is 15.2. The molecule has 10 N–H and O–H groups in total. The van der Waals surface area contributed by atoms with Crippen molar-refractivity contribution in [2.75, 3.05) is 0 Å². The molecule has 71 heavy (non-hydrogen) atoms. The number of H-pyrrole nitrogens is 2. The number of imidazole rings is 1. The van der Waals surface area contributed by atoms with Crippen molar-refractivity contribution >= 4 is 58.3 Å². The standard InChI is InChI=1S/C52H63N9O10/c1-6-29(4)45(50(68)60-42(52(70)71)22-33-25-54-38-18-12-11-15-35(33)38)61-49(67)40(23-34-26-53-27-55-34)57-48(66)41(24-43(63)64)58-47(65)39(21-28(2)3)59-51(69)46(56-30(5)62)44-36-16-9-7-13-31(36)19-20-32-14-8-10-17-37(32)44/h7-18,25-29,39-42,44-46,54H,6,19-24H2,1-5H3,(H,53,55)(H,56,62)(H,57,66)(H,58,65)(H,59,69)(H,60,68)(H,61,67)(H,63,64)(H,70,71)/t29-,39-,40-,41-,42-,45-,46+/m0/s1. The van der Waals surface area contributed by atoms with Crippen molar-refractivity contribution in [2.45, 2.75) is 122 Å². The van der Waals surface area contributed by atoms with Crippen molar-refractivity contribution < 1.29 is 48.6 Å². The molecule has 0 unspecified atom stereocenters. The number of aromatic amines is 2. The number of aryl methyl sites for hydroxylation is 2. The Morgan fingerprint density at radius 1 is 0.662 bits per heavy atom. The lowest BCUT2D eigenvalue weighted by molar-refractivity contribution is -0.142. The lowest BCUT2D eigenvalue weighted by atomic mass is 9.82. The maximum Gasteiger partial charge on any atom is 0.326 e. The fourth-order valence-corrected chi connectivity index (χ4v) is 9.10. The highest BCUT2D eigenvalue weighted by atomic mass is 16.4. The number of aromatic nitrogens is 3. The molecule has 0 saturated carbocycles. The average molecular weight is 974 g/mol. The fraction of sp³-hybridized carbons (Fsp3) is 0.404. The van der Waals surface area contributed by atoms with Gasteiger partial charge in [0.25, 0.3) is 0 Å². The summed E-state index contributed by atoms with van der Waals surface area (Å²) in [5.74, 6) is -8.90. The number of nitrogens with one attached hydrogen (secondary N) is 8. The van der Waals surface area contributed by atoms with Crippen molar-refractivity contribution in [3.8, 4) is 0 Å². The Kier molecular flexibility index (Phi) is 17.9. The summed E-state index contributed by atoms with van der Waals surface area (Å²) in [5.41, 5.74) is 5.50. The Hall–Kier alpha value is -7.83. The number of carboxylic acids is 2. The maximum atomic E-state index is 14.6. The van der Waals surface area contributed by atoms with Crippen LogP contribution in [-0.4, -0.2) is 109 Å². The molecule has 1 aliphatic rings. The minimum absolute atomic E-state index is 0.0536. The molecule has 5 aromatic rings. The van der Waals surface area contributed by atoms with Crippen LogP contribution in [0.2, 0.25) is 0 Å². The second kappa shape index (κ2) is 24.1. The van der Waals surface area contributed by atoms with Gasteiger partial charge in [0, 0.05) is 54.7 Å². The molecular weight excluding hydrogens is 911 g/mol. The van der Waals surface area contributed by atoms with Crippen molar-refractivity contribution in [1.82, 2.24) is 46.9 Å². The van der Waals surface area contributed by atoms with Crippen LogP contribution in [0.3, 0.4) is 0 Å². The quantitative estimate of drug-likeness (QED) is 0.0454. The zero-order valence-electron chi connectivity index (χ0n) is 40.4. The van der Waals surface area contributed by atoms with Gasteiger partial charge in [-0.2, -0.15) is 0 Å². The molecule has 6 amide bonds. The van der Waals surface area contributed by atoms with Gasteiger partial charge in [-0.1, -0.05) is 101 Å². The number of carboxylic acid groups (broad SMARTS) is 2. The van der Waals surface area contributed by atoms with Crippen LogP contribution in [0.15, 0.2) is 91.5 Å². The third-order valence-corrected chi connectivity index (χ3v) is 12.9. The Bertz CT molecular complexity index is 2670. The van der Waals surface area contributed by atoms with Crippen LogP contribution in [-0.2, 0) is 64.0 Å². The van der Waals surface area contributed by atoms with E-state index < -0.39 is 102 Å². The summed E-state index contributed by atoms with van der Waals surface area (Å²) in [4.78, 5) is 119. The molecular formula is C52H63N9O10. The van der Waals surface area contributed by atoms with E-state index in [1.54, 1.807) is 20.0 Å². The van der Waals surface area contributed by atoms with Crippen molar-refractivity contribution in [3.63, 3.8) is 0 Å². The Morgan fingerprint density at radius 2 is 1.24 bits per heavy atom. The summed E-state index contributed by atoms with van der Waals surface area (Å²) in [5, 5.41) is 36.9. The van der Waals surface area contributed by atoms with Crippen LogP contribution in [0.5, 0.6) is 0 Å². The van der Waals surface area contributed by atoms with E-state index in [4.69, 9.17) is 0 Å². The fourth-order valence-electron chi connectivity index (χ4n) is 9.10. The third-order valence-electron chi connectivity index (χ3n) is 12.9. The summed E-state index contributed by atoms with van der Waals surface area (Å²) in [6, 6.07) is 14.2. The smallest absolute Gasteiger partial charge is 0.326 e. The molecule has 19 heteroatoms. The van der Waals surface area contributed by atoms with E-state index in [1.165, 1.54) is 19.4 Å². The van der Waals surface area contributed by atoms with E-state index in [0.717, 1.165) is 33.2 Å². The minimum atomic E-state index is -1.77. The molecule has 0 spiro atoms. The number of hydrogen-bond donors (Lipinski definition) is 10. The van der Waals surface area contributed by atoms with Gasteiger partial charge in [-0.15, -0.1) is 0 Å². The summed E-state index contributed by atoms with van der Waals surface area (Å²) in [6.07, 6.45) is 5.04. The Morgan fingerprint density at radius 3 is 1.83 bits per heavy atom. The second-order valence-corrected chi connectivity index (χ2v) is 18.6. The number of rotatable bonds is 23. The molecule has 7 atom stereocenters. The van der Waals surface area contributed by atoms with Gasteiger partial charge in [0.1, 0.15) is 36.3 Å². The lowest BCUT2D eigenvalue weighted by Gasteiger charge is -2.31. The highest BCUT2D eigenvalue weighted by Crippen LogP contribution is 2.37. The largest absolute Gasteiger partial charge is 0.481 e. The first-order valence-corrected chi connectivity index (χ1v) is 23.8. The zero-order valence-corrected chi connectivity index (χ0v) is 40.4. The van der Waals surface area contributed by atoms with E-state index >= 15 is 0 Å². The van der Waals surface area contributed by atoms with Crippen LogP contribution in [0.4, 0.5) is 0 Å². The predicted molar refractivity (Wildman–Crippen MR) is 262 cm³/mol. The first-order valence-electron chi connectivity index (χ1n) is 23.8. The number of aliphatic carboxylic acids is 2. The highest BCUT2D eigenvalue weighted by molar-refractivity contribution is 5.98. The number of fused-ring (bicyclic) bond motifs is 3. The van der Waals surface area contributed by atoms with Crippen LogP contribution in [0.1, 0.15) is 93.3 Å². The van der Waals surface area contributed by atoms with Gasteiger partial charge in [-0.05, 0) is 65.0 Å². The van der Waals surface area contributed by atoms with Gasteiger partial charge in [0.05, 0.1) is 12.7 Å². The Balaban J connectivity index is 1.22. The summed E-state index contributed by atoms with van der Waals surface area (Å²) >= 11 is 0. The number of hydrogen-bond acceptors (Lipinski definition) is 9. The minimum Gasteiger partial charge on any atom is -0.481 e. The molecule has 6 rings (SSSR count). The van der Waals surface area contributed by atoms with Crippen LogP contribution in [0.25, 0.3) is 10.9 Å². The molecule has 2 heterocycles. The van der Waals surface area contributed by atoms with E-state index in [2.05, 4.69) is 46.9 Å². The molecule has 3 aromatic carbocycles. The van der Waals surface area contributed by atoms with Gasteiger partial charge < -0.3 is 52.1 Å². The van der Waals surface area contributed by atoms with Crippen LogP contribution in [0, 0.1) is 11.8 Å². The van der Waals surface area contributed by atoms with E-state index in [0.29, 0.717) is 30.5 Å². The summed E-state index contributed by atoms with van der Waals surface area (Å²) in [7, 11) is 0. The van der Waals surface area contributed by atoms with E-state index in [9.17, 15) is 48.6 Å². The molecule has 19 nitrogen and oxygen atoms in total. The van der Waals surface area contributed by atoms with Gasteiger partial charge in [-0.25, -0.2) is 9.78 Å². The van der Waals surface area contributed by atoms with Crippen LogP contribution >= 0.6 is 0 Å². The van der Waals surface area contributed by atoms with Crippen molar-refractivity contribution in [2.24, 2.45) is 11.8 Å². The van der Waals surface area contributed by atoms with Gasteiger partial charge >= 0.3 is 11.9 Å². The van der Waals surface area contributed by atoms with E-state index in [-0.39, 0.29) is 25.2 Å². The van der Waals surface area contributed by atoms with Gasteiger partial charge in [0.15, 0.2) is 0 Å². The predicted octanol–water partition coefficient (Wildman–Crippen LogP) is 3.19. The SMILES string of the molecule is CC[C@H](C)[C@H](NC(=O)[C@H](Cc1cnc[nH]1)NC(=O)[C@H](CC(=O)O)NC(=O)[C@H](CC(C)C)NC(=O)[C@H](NC(C)=O)C1c2ccccc2CCc2ccccc21)C(=O)N[C@@H](Cc1c[nH]c2ccccc12)C(=O)O. The van der Waals surface area contributed by atoms with Gasteiger partial charge in [0.2, 0.25) is 35.4 Å². The number of para-hydroxylation sites is 1. The average Bonchev–Trinajstić information content (AvgIpc) is 3.97. The van der Waals surface area contributed by atoms with E-state index in [1.807, 2.05) is 86.6 Å². The first kappa shape index (κ1) is 52.5. The maximum absolute atomic E-state index is 14.6. The molecule has 2 aromatic heterocycles. The lowest BCUT2D eigenvalue weighted by Crippen LogP contribution is -2.61. The third kappa shape index (κ3) is 13.7. The number of nitrogens with zero attached hydrogens (tertiary/aromatic N) is 1. The van der Waals surface area contributed by atoms with Gasteiger partial charge in [-0.3, -0.25) is 33.6 Å². The molecule has 0 saturated heterocycles. The molecule has 0 aliphatic heterocycles. The molecule has 0 bridgehead atoms. The summed E-state index contributed by atoms with van der Waals surface area (Å²) < 4.78 is 0. The molecule has 0 fully saturated rings. The molecule has 376 valence electrons. The second-order valence-electron chi connectivity index (χ2n) is 18.6. The Labute approximate surface area is 411 Å². The summed E-state index contributed by atoms with van der Waals surface area (Å²) in [6.45, 7) is 8.40. The zero-order chi connectivity index (χ0) is 51.4. The van der Waals surface area contributed by atoms with Crippen molar-refractivity contribution in [3.05, 3.63) is 125 Å². The number of carbonyl (C=O) groups excluding carboxylic acids is 6. The topological polar surface area (TPSA) is 294 Å². The highest BCUT2D eigenvalue weighted by Gasteiger charge is 2.39. The number of carbonyl (C=O) groups is 8. The monoisotopic (exact) mass is 973 g/mol. The first-order chi connectivity index (χ1) is 33.9. The van der Waals surface area contributed by atoms with Crippen LogP contribution < -0.4 is 31.9 Å². The number of benzene rings is 3.